The lowest BCUT2D eigenvalue weighted by Crippen LogP contribution is -2.35. The molecule has 1 heterocycles. The van der Waals surface area contributed by atoms with Crippen LogP contribution in [0.3, 0.4) is 0 Å². The number of nitrogens with zero attached hydrogens (tertiary/aromatic N) is 1. The van der Waals surface area contributed by atoms with E-state index in [2.05, 4.69) is 40.5 Å². The van der Waals surface area contributed by atoms with Crippen LogP contribution in [0.15, 0.2) is 48.5 Å². The molecule has 0 bridgehead atoms. The molecule has 0 saturated carbocycles. The molecule has 0 amide bonds. The zero-order valence-electron chi connectivity index (χ0n) is 15.4. The molecule has 1 N–H and O–H groups in total. The molecule has 3 rings (SSSR count). The molecule has 1 saturated heterocycles. The summed E-state index contributed by atoms with van der Waals surface area (Å²) in [5.41, 5.74) is 2.52. The maximum atomic E-state index is 6.04. The van der Waals surface area contributed by atoms with Crippen LogP contribution >= 0.6 is 48.0 Å². The third-order valence-electron chi connectivity index (χ3n) is 4.97. The molecule has 1 aliphatic rings. The van der Waals surface area contributed by atoms with Gasteiger partial charge in [0.1, 0.15) is 0 Å². The van der Waals surface area contributed by atoms with Gasteiger partial charge in [-0.2, -0.15) is 0 Å². The lowest BCUT2D eigenvalue weighted by atomic mass is 9.90. The first kappa shape index (κ1) is 24.4. The smallest absolute Gasteiger partial charge is 0.0612 e. The molecule has 1 aliphatic heterocycles. The van der Waals surface area contributed by atoms with Crippen molar-refractivity contribution in [2.45, 2.75) is 25.7 Å². The molecule has 0 aliphatic carbocycles. The molecule has 2 nitrogen and oxygen atoms in total. The van der Waals surface area contributed by atoms with E-state index in [0.29, 0.717) is 10.0 Å². The van der Waals surface area contributed by atoms with Crippen LogP contribution in [0.2, 0.25) is 10.0 Å². The number of piperidine rings is 1. The van der Waals surface area contributed by atoms with Gasteiger partial charge in [-0.05, 0) is 75.0 Å². The Balaban J connectivity index is 0.00000182. The normalized spacial score (nSPS) is 14.9. The van der Waals surface area contributed by atoms with E-state index in [0.717, 1.165) is 31.1 Å². The van der Waals surface area contributed by atoms with E-state index in [-0.39, 0.29) is 24.8 Å². The van der Waals surface area contributed by atoms with E-state index < -0.39 is 0 Å². The van der Waals surface area contributed by atoms with Gasteiger partial charge in [-0.25, -0.2) is 0 Å². The zero-order valence-corrected chi connectivity index (χ0v) is 18.5. The molecule has 2 aromatic carbocycles. The Kier molecular flexibility index (Phi) is 11.5. The number of halogens is 4. The van der Waals surface area contributed by atoms with Gasteiger partial charge in [0.2, 0.25) is 0 Å². The van der Waals surface area contributed by atoms with E-state index in [1.165, 1.54) is 37.9 Å². The maximum absolute atomic E-state index is 6.04. The molecule has 150 valence electrons. The fourth-order valence-electron chi connectivity index (χ4n) is 3.50. The highest BCUT2D eigenvalue weighted by Gasteiger charge is 2.18. The average molecular weight is 450 g/mol. The van der Waals surface area contributed by atoms with Crippen LogP contribution in [0.25, 0.3) is 0 Å². The van der Waals surface area contributed by atoms with Crippen molar-refractivity contribution in [3.63, 3.8) is 0 Å². The summed E-state index contributed by atoms with van der Waals surface area (Å²) in [5, 5.41) is 4.63. The van der Waals surface area contributed by atoms with Gasteiger partial charge >= 0.3 is 0 Å². The van der Waals surface area contributed by atoms with E-state index >= 15 is 0 Å². The van der Waals surface area contributed by atoms with Crippen molar-refractivity contribution >= 4 is 53.7 Å². The SMILES string of the molecule is Cl.Cl.Clc1ccc(NCCCN2CCC(Cc3ccccc3)CC2)cc1Cl. The predicted octanol–water partition coefficient (Wildman–Crippen LogP) is 6.59. The third kappa shape index (κ3) is 8.09. The molecule has 0 spiro atoms. The molecule has 27 heavy (non-hydrogen) atoms. The Bertz CT molecular complexity index is 658. The minimum Gasteiger partial charge on any atom is -0.385 e. The number of hydrogen-bond acceptors (Lipinski definition) is 2. The van der Waals surface area contributed by atoms with Crippen LogP contribution in [0.1, 0.15) is 24.8 Å². The number of nitrogens with one attached hydrogen (secondary N) is 1. The van der Waals surface area contributed by atoms with Crippen molar-refractivity contribution in [3.05, 3.63) is 64.1 Å². The summed E-state index contributed by atoms with van der Waals surface area (Å²) in [6, 6.07) is 16.6. The van der Waals surface area contributed by atoms with E-state index in [1.807, 2.05) is 18.2 Å². The molecule has 0 radical (unpaired) electrons. The predicted molar refractivity (Wildman–Crippen MR) is 123 cm³/mol. The topological polar surface area (TPSA) is 15.3 Å². The Morgan fingerprint density at radius 3 is 2.30 bits per heavy atom. The highest BCUT2D eigenvalue weighted by Crippen LogP contribution is 2.25. The molecule has 6 heteroatoms. The summed E-state index contributed by atoms with van der Waals surface area (Å²) >= 11 is 12.0. The first-order valence-corrected chi connectivity index (χ1v) is 9.91. The monoisotopic (exact) mass is 448 g/mol. The lowest BCUT2D eigenvalue weighted by molar-refractivity contribution is 0.183. The Morgan fingerprint density at radius 2 is 1.63 bits per heavy atom. The van der Waals surface area contributed by atoms with Gasteiger partial charge < -0.3 is 10.2 Å². The van der Waals surface area contributed by atoms with Crippen molar-refractivity contribution in [1.82, 2.24) is 4.90 Å². The van der Waals surface area contributed by atoms with Gasteiger partial charge in [0.15, 0.2) is 0 Å². The molecule has 0 atom stereocenters. The fourth-order valence-corrected chi connectivity index (χ4v) is 3.80. The van der Waals surface area contributed by atoms with Crippen molar-refractivity contribution in [2.75, 3.05) is 31.5 Å². The minimum absolute atomic E-state index is 0. The van der Waals surface area contributed by atoms with Gasteiger partial charge in [-0.1, -0.05) is 53.5 Å². The van der Waals surface area contributed by atoms with Gasteiger partial charge in [0, 0.05) is 12.2 Å². The van der Waals surface area contributed by atoms with Crippen molar-refractivity contribution in [1.29, 1.82) is 0 Å². The highest BCUT2D eigenvalue weighted by molar-refractivity contribution is 6.42. The summed E-state index contributed by atoms with van der Waals surface area (Å²) in [7, 11) is 0. The van der Waals surface area contributed by atoms with Crippen molar-refractivity contribution in [2.24, 2.45) is 5.92 Å². The quantitative estimate of drug-likeness (QED) is 0.479. The standard InChI is InChI=1S/C21H26Cl2N2.2ClH/c22-20-8-7-19(16-21(20)23)24-11-4-12-25-13-9-18(10-14-25)15-17-5-2-1-3-6-17;;/h1-3,5-8,16,18,24H,4,9-15H2;2*1H. The summed E-state index contributed by atoms with van der Waals surface area (Å²) in [6.45, 7) is 4.57. The number of hydrogen-bond donors (Lipinski definition) is 1. The van der Waals surface area contributed by atoms with Crippen LogP contribution in [0.4, 0.5) is 5.69 Å². The van der Waals surface area contributed by atoms with E-state index in [9.17, 15) is 0 Å². The summed E-state index contributed by atoms with van der Waals surface area (Å²) in [6.07, 6.45) is 5.00. The van der Waals surface area contributed by atoms with Gasteiger partial charge in [-0.3, -0.25) is 0 Å². The fraction of sp³-hybridized carbons (Fsp3) is 0.429. The summed E-state index contributed by atoms with van der Waals surface area (Å²) in [5.74, 6) is 0.841. The first-order chi connectivity index (χ1) is 12.2. The van der Waals surface area contributed by atoms with Crippen LogP contribution in [-0.4, -0.2) is 31.1 Å². The van der Waals surface area contributed by atoms with E-state index in [4.69, 9.17) is 23.2 Å². The minimum atomic E-state index is 0. The number of anilines is 1. The molecule has 0 aromatic heterocycles. The second-order valence-electron chi connectivity index (χ2n) is 6.88. The second kappa shape index (κ2) is 12.7. The summed E-state index contributed by atoms with van der Waals surface area (Å²) < 4.78 is 0. The Labute approximate surface area is 185 Å². The van der Waals surface area contributed by atoms with Gasteiger partial charge in [0.25, 0.3) is 0 Å². The maximum Gasteiger partial charge on any atom is 0.0612 e. The number of benzene rings is 2. The number of rotatable bonds is 7. The molecule has 0 unspecified atom stereocenters. The van der Waals surface area contributed by atoms with Gasteiger partial charge in [-0.15, -0.1) is 24.8 Å². The van der Waals surface area contributed by atoms with Crippen LogP contribution in [0.5, 0.6) is 0 Å². The van der Waals surface area contributed by atoms with Crippen molar-refractivity contribution < 1.29 is 0 Å². The lowest BCUT2D eigenvalue weighted by Gasteiger charge is -2.32. The summed E-state index contributed by atoms with van der Waals surface area (Å²) in [4.78, 5) is 2.60. The van der Waals surface area contributed by atoms with Gasteiger partial charge in [0.05, 0.1) is 10.0 Å². The average Bonchev–Trinajstić information content (AvgIpc) is 2.64. The Hall–Kier alpha value is -0.640. The molecular formula is C21H28Cl4N2. The van der Waals surface area contributed by atoms with Crippen LogP contribution in [-0.2, 0) is 6.42 Å². The van der Waals surface area contributed by atoms with E-state index in [1.54, 1.807) is 0 Å². The molecular weight excluding hydrogens is 422 g/mol. The van der Waals surface area contributed by atoms with Crippen molar-refractivity contribution in [3.8, 4) is 0 Å². The number of likely N-dealkylation sites (tertiary alicyclic amines) is 1. The Morgan fingerprint density at radius 1 is 0.926 bits per heavy atom. The molecule has 1 fully saturated rings. The zero-order chi connectivity index (χ0) is 17.5. The first-order valence-electron chi connectivity index (χ1n) is 9.16. The van der Waals surface area contributed by atoms with Crippen LogP contribution in [0, 0.1) is 5.92 Å². The largest absolute Gasteiger partial charge is 0.385 e. The second-order valence-corrected chi connectivity index (χ2v) is 7.70. The van der Waals surface area contributed by atoms with Crippen LogP contribution < -0.4 is 5.32 Å². The third-order valence-corrected chi connectivity index (χ3v) is 5.71. The highest BCUT2D eigenvalue weighted by atomic mass is 35.5. The molecule has 2 aromatic rings.